The summed E-state index contributed by atoms with van der Waals surface area (Å²) < 4.78 is 8.90. The number of aliphatic carboxylic acids is 1. The van der Waals surface area contributed by atoms with Crippen molar-refractivity contribution in [1.29, 1.82) is 0 Å². The van der Waals surface area contributed by atoms with Crippen LogP contribution in [0.3, 0.4) is 0 Å². The fourth-order valence-corrected chi connectivity index (χ4v) is 4.12. The highest BCUT2D eigenvalue weighted by atomic mass is 16.5. The van der Waals surface area contributed by atoms with E-state index in [9.17, 15) is 14.7 Å². The van der Waals surface area contributed by atoms with E-state index in [0.29, 0.717) is 38.2 Å². The molecule has 4 heterocycles. The number of imidazole rings is 1. The van der Waals surface area contributed by atoms with E-state index in [-0.39, 0.29) is 17.9 Å². The summed E-state index contributed by atoms with van der Waals surface area (Å²) in [5.41, 5.74) is 0.857. The molecule has 8 nitrogen and oxygen atoms in total. The Morgan fingerprint density at radius 1 is 1.33 bits per heavy atom. The Labute approximate surface area is 138 Å². The first kappa shape index (κ1) is 15.2. The number of aromatic nitrogens is 3. The van der Waals surface area contributed by atoms with Crippen LogP contribution in [0.15, 0.2) is 18.6 Å². The smallest absolute Gasteiger partial charge is 0.308 e. The molecule has 2 saturated heterocycles. The first-order valence-electron chi connectivity index (χ1n) is 8.10. The quantitative estimate of drug-likeness (QED) is 0.871. The summed E-state index contributed by atoms with van der Waals surface area (Å²) in [7, 11) is 1.86. The van der Waals surface area contributed by atoms with Crippen LogP contribution in [0.5, 0.6) is 0 Å². The lowest BCUT2D eigenvalue weighted by Crippen LogP contribution is -2.40. The molecule has 4 rings (SSSR count). The van der Waals surface area contributed by atoms with Gasteiger partial charge in [-0.15, -0.1) is 0 Å². The van der Waals surface area contributed by atoms with E-state index in [1.54, 1.807) is 21.8 Å². The Morgan fingerprint density at radius 3 is 2.79 bits per heavy atom. The maximum atomic E-state index is 13.0. The molecule has 2 aliphatic rings. The van der Waals surface area contributed by atoms with Crippen molar-refractivity contribution in [3.63, 3.8) is 0 Å². The largest absolute Gasteiger partial charge is 0.481 e. The molecule has 2 aromatic heterocycles. The number of likely N-dealkylation sites (tertiary alicyclic amines) is 1. The number of rotatable bonds is 2. The second-order valence-corrected chi connectivity index (χ2v) is 6.79. The van der Waals surface area contributed by atoms with Gasteiger partial charge in [0.15, 0.2) is 0 Å². The predicted octanol–water partition coefficient (Wildman–Crippen LogP) is 0.626. The van der Waals surface area contributed by atoms with Crippen molar-refractivity contribution >= 4 is 17.5 Å². The van der Waals surface area contributed by atoms with Crippen molar-refractivity contribution in [3.8, 4) is 0 Å². The molecular weight excluding hydrogens is 312 g/mol. The second-order valence-electron chi connectivity index (χ2n) is 6.79. The van der Waals surface area contributed by atoms with Crippen molar-refractivity contribution in [2.45, 2.75) is 12.8 Å². The van der Waals surface area contributed by atoms with Crippen molar-refractivity contribution < 1.29 is 19.4 Å². The van der Waals surface area contributed by atoms with Gasteiger partial charge in [-0.2, -0.15) is 5.10 Å². The van der Waals surface area contributed by atoms with E-state index < -0.39 is 11.9 Å². The van der Waals surface area contributed by atoms with Crippen molar-refractivity contribution in [1.82, 2.24) is 19.1 Å². The van der Waals surface area contributed by atoms with Gasteiger partial charge in [0.05, 0.1) is 12.1 Å². The molecule has 8 heteroatoms. The minimum atomic E-state index is -0.828. The first-order chi connectivity index (χ1) is 11.5. The molecular formula is C16H20N4O4. The summed E-state index contributed by atoms with van der Waals surface area (Å²) in [4.78, 5) is 26.4. The molecule has 24 heavy (non-hydrogen) atoms. The zero-order valence-corrected chi connectivity index (χ0v) is 13.5. The van der Waals surface area contributed by atoms with Crippen LogP contribution >= 0.6 is 0 Å². The molecule has 2 aliphatic heterocycles. The maximum Gasteiger partial charge on any atom is 0.308 e. The van der Waals surface area contributed by atoms with Crippen molar-refractivity contribution in [2.24, 2.45) is 18.4 Å². The van der Waals surface area contributed by atoms with Gasteiger partial charge >= 0.3 is 5.97 Å². The summed E-state index contributed by atoms with van der Waals surface area (Å²) in [6.45, 7) is 1.83. The average Bonchev–Trinajstić information content (AvgIpc) is 3.23. The van der Waals surface area contributed by atoms with E-state index in [0.717, 1.165) is 5.65 Å². The van der Waals surface area contributed by atoms with Crippen LogP contribution in [0.1, 0.15) is 23.2 Å². The normalized spacial score (nSPS) is 23.2. The molecule has 2 fully saturated rings. The van der Waals surface area contributed by atoms with Gasteiger partial charge in [-0.1, -0.05) is 0 Å². The highest BCUT2D eigenvalue weighted by Crippen LogP contribution is 2.44. The van der Waals surface area contributed by atoms with Gasteiger partial charge in [0, 0.05) is 51.2 Å². The molecule has 1 unspecified atom stereocenters. The van der Waals surface area contributed by atoms with Crippen molar-refractivity contribution in [2.75, 3.05) is 26.3 Å². The first-order valence-corrected chi connectivity index (χ1v) is 8.10. The minimum Gasteiger partial charge on any atom is -0.481 e. The minimum absolute atomic E-state index is 0.151. The SMILES string of the molecule is Cn1ccn2ncc(C(=O)N3CC(C(=O)O)C4(CCOCC4)C3)c12. The second kappa shape index (κ2) is 5.34. The third-order valence-electron chi connectivity index (χ3n) is 5.49. The molecule has 0 aliphatic carbocycles. The topological polar surface area (TPSA) is 89.1 Å². The molecule has 0 saturated carbocycles. The predicted molar refractivity (Wildman–Crippen MR) is 83.7 cm³/mol. The third kappa shape index (κ3) is 2.13. The van der Waals surface area contributed by atoms with E-state index in [1.807, 2.05) is 17.8 Å². The number of carboxylic acids is 1. The number of amides is 1. The van der Waals surface area contributed by atoms with Crippen molar-refractivity contribution in [3.05, 3.63) is 24.2 Å². The number of aryl methyl sites for hydroxylation is 1. The van der Waals surface area contributed by atoms with Gasteiger partial charge < -0.3 is 19.3 Å². The summed E-state index contributed by atoms with van der Waals surface area (Å²) >= 11 is 0. The van der Waals surface area contributed by atoms with Gasteiger partial charge in [-0.3, -0.25) is 9.59 Å². The molecule has 0 aromatic carbocycles. The molecule has 0 radical (unpaired) electrons. The monoisotopic (exact) mass is 332 g/mol. The zero-order chi connectivity index (χ0) is 16.9. The molecule has 1 spiro atoms. The van der Waals surface area contributed by atoms with E-state index in [4.69, 9.17) is 4.74 Å². The lowest BCUT2D eigenvalue weighted by molar-refractivity contribution is -0.146. The van der Waals surface area contributed by atoms with Crippen LogP contribution in [-0.2, 0) is 16.6 Å². The standard InChI is InChI=1S/C16H20N4O4/c1-18-4-5-20-13(18)11(8-17-20)14(21)19-9-12(15(22)23)16(10-19)2-6-24-7-3-16/h4-5,8,12H,2-3,6-7,9-10H2,1H3,(H,22,23). The van der Waals surface area contributed by atoms with E-state index in [2.05, 4.69) is 5.10 Å². The number of hydrogen-bond acceptors (Lipinski definition) is 4. The van der Waals surface area contributed by atoms with E-state index in [1.165, 1.54) is 0 Å². The van der Waals surface area contributed by atoms with E-state index >= 15 is 0 Å². The molecule has 2 aromatic rings. The third-order valence-corrected chi connectivity index (χ3v) is 5.49. The number of carbonyl (C=O) groups is 2. The van der Waals surface area contributed by atoms with Gasteiger partial charge in [0.2, 0.25) is 0 Å². The van der Waals surface area contributed by atoms with Crippen LogP contribution in [0, 0.1) is 11.3 Å². The fourth-order valence-electron chi connectivity index (χ4n) is 4.12. The Kier molecular flexibility index (Phi) is 3.38. The Bertz CT molecular complexity index is 802. The number of ether oxygens (including phenoxy) is 1. The van der Waals surface area contributed by atoms with Crippen LogP contribution in [0.25, 0.3) is 5.65 Å². The average molecular weight is 332 g/mol. The summed E-state index contributed by atoms with van der Waals surface area (Å²) in [5.74, 6) is -1.52. The summed E-state index contributed by atoms with van der Waals surface area (Å²) in [6, 6.07) is 0. The Hall–Kier alpha value is -2.35. The van der Waals surface area contributed by atoms with Gasteiger partial charge in [0.25, 0.3) is 5.91 Å². The number of carbonyl (C=O) groups excluding carboxylic acids is 1. The highest BCUT2D eigenvalue weighted by molar-refractivity contribution is 6.00. The van der Waals surface area contributed by atoms with Crippen LogP contribution in [-0.4, -0.2) is 62.4 Å². The number of hydrogen-bond donors (Lipinski definition) is 1. The van der Waals surface area contributed by atoms with Crippen LogP contribution in [0.4, 0.5) is 0 Å². The number of fused-ring (bicyclic) bond motifs is 1. The highest BCUT2D eigenvalue weighted by Gasteiger charge is 2.52. The van der Waals surface area contributed by atoms with Gasteiger partial charge in [-0.05, 0) is 12.8 Å². The lowest BCUT2D eigenvalue weighted by atomic mass is 9.72. The number of nitrogens with zero attached hydrogens (tertiary/aromatic N) is 4. The fraction of sp³-hybridized carbons (Fsp3) is 0.562. The zero-order valence-electron chi connectivity index (χ0n) is 13.5. The summed E-state index contributed by atoms with van der Waals surface area (Å²) in [6.07, 6.45) is 6.55. The Morgan fingerprint density at radius 2 is 2.08 bits per heavy atom. The maximum absolute atomic E-state index is 13.0. The number of carboxylic acid groups (broad SMARTS) is 1. The van der Waals surface area contributed by atoms with Crippen LogP contribution in [0.2, 0.25) is 0 Å². The molecule has 0 bridgehead atoms. The van der Waals surface area contributed by atoms with Crippen LogP contribution < -0.4 is 0 Å². The molecule has 1 amide bonds. The molecule has 1 atom stereocenters. The van der Waals surface area contributed by atoms with Gasteiger partial charge in [0.1, 0.15) is 11.2 Å². The summed E-state index contributed by atoms with van der Waals surface area (Å²) in [5, 5.41) is 13.8. The lowest BCUT2D eigenvalue weighted by Gasteiger charge is -2.36. The molecule has 128 valence electrons. The Balaban J connectivity index is 1.66. The van der Waals surface area contributed by atoms with Gasteiger partial charge in [-0.25, -0.2) is 4.52 Å². The molecule has 1 N–H and O–H groups in total.